The molecule has 1 rings (SSSR count). The van der Waals surface area contributed by atoms with E-state index in [9.17, 15) is 0 Å². The predicted octanol–water partition coefficient (Wildman–Crippen LogP) is 4.70. The molecule has 0 spiro atoms. The zero-order valence-electron chi connectivity index (χ0n) is 6.74. The molecular formula is C8H10Br2S. The zero-order valence-corrected chi connectivity index (χ0v) is 10.7. The maximum absolute atomic E-state index is 3.58. The minimum Gasteiger partial charge on any atom is -0.132 e. The first-order chi connectivity index (χ1) is 5.04. The highest BCUT2D eigenvalue weighted by Gasteiger charge is 2.12. The monoisotopic (exact) mass is 296 g/mol. The molecule has 1 heterocycles. The van der Waals surface area contributed by atoms with Crippen molar-refractivity contribution < 1.29 is 0 Å². The van der Waals surface area contributed by atoms with Gasteiger partial charge in [0.1, 0.15) is 0 Å². The van der Waals surface area contributed by atoms with E-state index in [1.54, 1.807) is 0 Å². The van der Waals surface area contributed by atoms with E-state index < -0.39 is 0 Å². The molecule has 0 aromatic carbocycles. The maximum atomic E-state index is 3.58. The van der Waals surface area contributed by atoms with Crippen LogP contribution in [0.2, 0.25) is 0 Å². The molecule has 1 aromatic rings. The zero-order chi connectivity index (χ0) is 8.59. The van der Waals surface area contributed by atoms with Crippen LogP contribution in [0.3, 0.4) is 0 Å². The van der Waals surface area contributed by atoms with E-state index >= 15 is 0 Å². The van der Waals surface area contributed by atoms with Crippen molar-refractivity contribution in [3.63, 3.8) is 0 Å². The van der Waals surface area contributed by atoms with Gasteiger partial charge in [-0.15, -0.1) is 11.3 Å². The van der Waals surface area contributed by atoms with E-state index in [1.807, 2.05) is 11.3 Å². The highest BCUT2D eigenvalue weighted by atomic mass is 79.9. The predicted molar refractivity (Wildman–Crippen MR) is 58.5 cm³/mol. The molecule has 0 amide bonds. The first-order valence-corrected chi connectivity index (χ1v) is 5.88. The summed E-state index contributed by atoms with van der Waals surface area (Å²) in [6.45, 7) is 6.54. The Morgan fingerprint density at radius 3 is 2.00 bits per heavy atom. The SMILES string of the molecule is Cc1c(Br)sc(C(C)C)c1Br. The molecule has 0 aliphatic rings. The number of hydrogen-bond donors (Lipinski definition) is 0. The highest BCUT2D eigenvalue weighted by Crippen LogP contribution is 2.40. The van der Waals surface area contributed by atoms with Gasteiger partial charge in [-0.05, 0) is 50.3 Å². The van der Waals surface area contributed by atoms with Crippen LogP contribution in [0.15, 0.2) is 8.26 Å². The second kappa shape index (κ2) is 3.58. The lowest BCUT2D eigenvalue weighted by atomic mass is 10.1. The summed E-state index contributed by atoms with van der Waals surface area (Å²) in [5.41, 5.74) is 1.32. The van der Waals surface area contributed by atoms with E-state index in [0.717, 1.165) is 0 Å². The van der Waals surface area contributed by atoms with Crippen LogP contribution in [0, 0.1) is 6.92 Å². The maximum Gasteiger partial charge on any atom is 0.0742 e. The second-order valence-electron chi connectivity index (χ2n) is 2.83. The van der Waals surface area contributed by atoms with Gasteiger partial charge in [0.25, 0.3) is 0 Å². The number of thiophene rings is 1. The molecule has 0 atom stereocenters. The molecule has 0 unspecified atom stereocenters. The summed E-state index contributed by atoms with van der Waals surface area (Å²) in [6, 6.07) is 0. The molecule has 0 aliphatic heterocycles. The van der Waals surface area contributed by atoms with E-state index in [4.69, 9.17) is 0 Å². The molecule has 0 saturated heterocycles. The Morgan fingerprint density at radius 2 is 1.82 bits per heavy atom. The largest absolute Gasteiger partial charge is 0.132 e. The molecule has 11 heavy (non-hydrogen) atoms. The van der Waals surface area contributed by atoms with Gasteiger partial charge in [-0.3, -0.25) is 0 Å². The Morgan fingerprint density at radius 1 is 1.27 bits per heavy atom. The third-order valence-electron chi connectivity index (χ3n) is 1.56. The molecule has 0 saturated carbocycles. The van der Waals surface area contributed by atoms with Crippen LogP contribution in [0.4, 0.5) is 0 Å². The van der Waals surface area contributed by atoms with Crippen LogP contribution < -0.4 is 0 Å². The van der Waals surface area contributed by atoms with E-state index in [2.05, 4.69) is 52.6 Å². The van der Waals surface area contributed by atoms with Crippen molar-refractivity contribution in [1.82, 2.24) is 0 Å². The van der Waals surface area contributed by atoms with Crippen LogP contribution >= 0.6 is 43.2 Å². The Kier molecular flexibility index (Phi) is 3.18. The van der Waals surface area contributed by atoms with Crippen molar-refractivity contribution in [1.29, 1.82) is 0 Å². The fraction of sp³-hybridized carbons (Fsp3) is 0.500. The molecule has 0 N–H and O–H groups in total. The van der Waals surface area contributed by atoms with Crippen molar-refractivity contribution in [2.24, 2.45) is 0 Å². The topological polar surface area (TPSA) is 0 Å². The van der Waals surface area contributed by atoms with Gasteiger partial charge in [0.15, 0.2) is 0 Å². The fourth-order valence-electron chi connectivity index (χ4n) is 0.860. The summed E-state index contributed by atoms with van der Waals surface area (Å²) in [6.07, 6.45) is 0. The molecule has 3 heteroatoms. The molecule has 0 nitrogen and oxygen atoms in total. The van der Waals surface area contributed by atoms with Gasteiger partial charge >= 0.3 is 0 Å². The number of halogens is 2. The summed E-state index contributed by atoms with van der Waals surface area (Å²) in [5.74, 6) is 0.611. The van der Waals surface area contributed by atoms with Crippen molar-refractivity contribution in [2.75, 3.05) is 0 Å². The Labute approximate surface area is 88.3 Å². The normalized spacial score (nSPS) is 11.1. The summed E-state index contributed by atoms with van der Waals surface area (Å²) in [7, 11) is 0. The minimum atomic E-state index is 0.611. The Bertz CT molecular complexity index is 263. The van der Waals surface area contributed by atoms with Gasteiger partial charge in [0.2, 0.25) is 0 Å². The van der Waals surface area contributed by atoms with Gasteiger partial charge in [-0.25, -0.2) is 0 Å². The smallest absolute Gasteiger partial charge is 0.0742 e. The Balaban J connectivity index is 3.19. The third kappa shape index (κ3) is 1.87. The summed E-state index contributed by atoms with van der Waals surface area (Å²) < 4.78 is 2.51. The molecule has 0 aliphatic carbocycles. The van der Waals surface area contributed by atoms with Crippen molar-refractivity contribution in [3.8, 4) is 0 Å². The minimum absolute atomic E-state index is 0.611. The van der Waals surface area contributed by atoms with Crippen LogP contribution in [0.1, 0.15) is 30.2 Å². The third-order valence-corrected chi connectivity index (χ3v) is 5.31. The van der Waals surface area contributed by atoms with Gasteiger partial charge in [-0.2, -0.15) is 0 Å². The lowest BCUT2D eigenvalue weighted by Gasteiger charge is -2.00. The van der Waals surface area contributed by atoms with Gasteiger partial charge in [-0.1, -0.05) is 13.8 Å². The quantitative estimate of drug-likeness (QED) is 0.704. The summed E-state index contributed by atoms with van der Waals surface area (Å²) >= 11 is 8.92. The van der Waals surface area contributed by atoms with Crippen LogP contribution in [-0.2, 0) is 0 Å². The molecular weight excluding hydrogens is 288 g/mol. The molecule has 1 aromatic heterocycles. The fourth-order valence-corrected chi connectivity index (χ4v) is 3.80. The molecule has 0 fully saturated rings. The standard InChI is InChI=1S/C8H10Br2S/c1-4(2)7-6(9)5(3)8(10)11-7/h4H,1-3H3. The van der Waals surface area contributed by atoms with Crippen molar-refractivity contribution in [3.05, 3.63) is 18.7 Å². The van der Waals surface area contributed by atoms with Gasteiger partial charge in [0, 0.05) is 9.35 Å². The lowest BCUT2D eigenvalue weighted by molar-refractivity contribution is 0.883. The summed E-state index contributed by atoms with van der Waals surface area (Å²) in [5, 5.41) is 0. The van der Waals surface area contributed by atoms with E-state index in [-0.39, 0.29) is 0 Å². The first kappa shape index (κ1) is 9.75. The first-order valence-electron chi connectivity index (χ1n) is 3.48. The van der Waals surface area contributed by atoms with Crippen molar-refractivity contribution >= 4 is 43.2 Å². The van der Waals surface area contributed by atoms with E-state index in [0.29, 0.717) is 5.92 Å². The number of rotatable bonds is 1. The molecule has 62 valence electrons. The van der Waals surface area contributed by atoms with Gasteiger partial charge < -0.3 is 0 Å². The average molecular weight is 298 g/mol. The van der Waals surface area contributed by atoms with Crippen LogP contribution in [0.5, 0.6) is 0 Å². The lowest BCUT2D eigenvalue weighted by Crippen LogP contribution is -1.81. The van der Waals surface area contributed by atoms with E-state index in [1.165, 1.54) is 18.7 Å². The average Bonchev–Trinajstić information content (AvgIpc) is 2.17. The van der Waals surface area contributed by atoms with Gasteiger partial charge in [0.05, 0.1) is 3.79 Å². The van der Waals surface area contributed by atoms with Crippen molar-refractivity contribution in [2.45, 2.75) is 26.7 Å². The second-order valence-corrected chi connectivity index (χ2v) is 6.00. The van der Waals surface area contributed by atoms with Crippen LogP contribution in [0.25, 0.3) is 0 Å². The highest BCUT2D eigenvalue weighted by molar-refractivity contribution is 9.11. The molecule has 0 radical (unpaired) electrons. The summed E-state index contributed by atoms with van der Waals surface area (Å²) in [4.78, 5) is 1.43. The van der Waals surface area contributed by atoms with Crippen LogP contribution in [-0.4, -0.2) is 0 Å². The number of hydrogen-bond acceptors (Lipinski definition) is 1. The molecule has 0 bridgehead atoms. The Hall–Kier alpha value is 0.660.